The molecule has 2 heteroatoms. The molecule has 1 aromatic heterocycles. The van der Waals surface area contributed by atoms with Gasteiger partial charge >= 0.3 is 0 Å². The van der Waals surface area contributed by atoms with Gasteiger partial charge in [0.25, 0.3) is 0 Å². The highest BCUT2D eigenvalue weighted by molar-refractivity contribution is 5.77. The van der Waals surface area contributed by atoms with Crippen LogP contribution in [0.2, 0.25) is 1.41 Å². The summed E-state index contributed by atoms with van der Waals surface area (Å²) in [5.41, 5.74) is -0.0639. The lowest BCUT2D eigenvalue weighted by Crippen LogP contribution is -1.63. The maximum Gasteiger partial charge on any atom is 0.190 e. The van der Waals surface area contributed by atoms with Gasteiger partial charge in [-0.25, -0.2) is 0 Å². The normalized spacial score (nSPS) is 19.6. The molecule has 44 valence electrons. The minimum absolute atomic E-state index is 0.0176. The van der Waals surface area contributed by atoms with E-state index in [0.29, 0.717) is 5.09 Å². The topological polar surface area (TPSA) is 28.7 Å². The van der Waals surface area contributed by atoms with Crippen molar-refractivity contribution in [2.24, 2.45) is 0 Å². The van der Waals surface area contributed by atoms with Crippen LogP contribution in [0.4, 0.5) is 0 Å². The summed E-state index contributed by atoms with van der Waals surface area (Å²) in [4.78, 5) is 0. The van der Waals surface area contributed by atoms with E-state index in [4.69, 9.17) is 8.27 Å². The lowest BCUT2D eigenvalue weighted by atomic mass is 10.3. The predicted octanol–water partition coefficient (Wildman–Crippen LogP) is 1.56. The standard InChI is InChI=1S/C7H6N2/c1-2-4-7-6(3-1)5-8-9-7/h1-5H,(H,8,9)/i1D,2D,3D,4D,5D/hD. The van der Waals surface area contributed by atoms with Crippen LogP contribution in [-0.2, 0) is 0 Å². The minimum atomic E-state index is -0.416. The van der Waals surface area contributed by atoms with Crippen LogP contribution in [0, 0.1) is 0 Å². The smallest absolute Gasteiger partial charge is 0.190 e. The predicted molar refractivity (Wildman–Crippen MR) is 36.1 cm³/mol. The molecular weight excluding hydrogens is 112 g/mol. The Bertz CT molecular complexity index is 513. The van der Waals surface area contributed by atoms with Gasteiger partial charge in [0.05, 0.1) is 18.5 Å². The van der Waals surface area contributed by atoms with Gasteiger partial charge in [-0.05, 0) is 6.04 Å². The van der Waals surface area contributed by atoms with E-state index in [-0.39, 0.29) is 29.2 Å². The first-order chi connectivity index (χ1) is 6.95. The maximum atomic E-state index is 7.53. The number of nitrogens with one attached hydrogen (secondary N) is 1. The van der Waals surface area contributed by atoms with Gasteiger partial charge < -0.3 is 0 Å². The Morgan fingerprint density at radius 1 is 1.56 bits per heavy atom. The van der Waals surface area contributed by atoms with Gasteiger partial charge in [0.15, 0.2) is 1.41 Å². The lowest BCUT2D eigenvalue weighted by molar-refractivity contribution is 1.12. The molecule has 9 heavy (non-hydrogen) atoms. The number of hydrogen-bond donors (Lipinski definition) is 1. The molecule has 0 spiro atoms. The molecule has 2 aromatic rings. The zero-order chi connectivity index (χ0) is 11.3. The molecule has 0 radical (unpaired) electrons. The third kappa shape index (κ3) is 0.598. The Morgan fingerprint density at radius 2 is 2.44 bits per heavy atom. The van der Waals surface area contributed by atoms with E-state index >= 15 is 0 Å². The number of aromatic nitrogens is 2. The summed E-state index contributed by atoms with van der Waals surface area (Å²) in [6.45, 7) is 0. The van der Waals surface area contributed by atoms with Crippen molar-refractivity contribution >= 4 is 10.9 Å². The van der Waals surface area contributed by atoms with Crippen LogP contribution >= 0.6 is 0 Å². The number of aromatic amines is 1. The molecule has 0 amide bonds. The van der Waals surface area contributed by atoms with E-state index in [1.807, 2.05) is 0 Å². The van der Waals surface area contributed by atoms with E-state index < -0.39 is 12.1 Å². The van der Waals surface area contributed by atoms with Gasteiger partial charge in [-0.15, -0.1) is 0 Å². The third-order valence-electron chi connectivity index (χ3n) is 0.980. The highest BCUT2D eigenvalue weighted by Gasteiger charge is 1.88. The van der Waals surface area contributed by atoms with Crippen molar-refractivity contribution in [3.05, 3.63) is 30.3 Å². The van der Waals surface area contributed by atoms with Gasteiger partial charge in [-0.2, -0.15) is 5.10 Å². The molecule has 2 nitrogen and oxygen atoms in total. The zero-order valence-corrected chi connectivity index (χ0v) is 4.39. The van der Waals surface area contributed by atoms with Gasteiger partial charge in [0, 0.05) is 5.39 Å². The van der Waals surface area contributed by atoms with E-state index in [2.05, 4.69) is 5.10 Å². The Hall–Kier alpha value is -1.31. The fraction of sp³-hybridized carbons (Fsp3) is 0. The highest BCUT2D eigenvalue weighted by atomic mass is 15.1. The summed E-state index contributed by atoms with van der Waals surface area (Å²) < 4.78 is 44.6. The SMILES string of the molecule is [2H]c1c([2H])c([2H])c2c(c([2H])nn2[2H])c1[2H]. The van der Waals surface area contributed by atoms with Gasteiger partial charge in [-0.1, -0.05) is 18.1 Å². The number of rotatable bonds is 0. The van der Waals surface area contributed by atoms with Crippen LogP contribution in [0.5, 0.6) is 0 Å². The number of para-hydroxylation sites is 1. The largest absolute Gasteiger partial charge is 0.278 e. The maximum absolute atomic E-state index is 7.53. The van der Waals surface area contributed by atoms with Crippen LogP contribution in [-0.4, -0.2) is 10.2 Å². The van der Waals surface area contributed by atoms with E-state index in [1.54, 1.807) is 0 Å². The summed E-state index contributed by atoms with van der Waals surface area (Å²) in [7, 11) is 0. The van der Waals surface area contributed by atoms with Gasteiger partial charge in [0.1, 0.15) is 0 Å². The van der Waals surface area contributed by atoms with Crippen molar-refractivity contribution in [3.63, 3.8) is 0 Å². The summed E-state index contributed by atoms with van der Waals surface area (Å²) in [6.07, 6.45) is -0.313. The van der Waals surface area contributed by atoms with Gasteiger partial charge in [0.2, 0.25) is 0 Å². The summed E-state index contributed by atoms with van der Waals surface area (Å²) in [6, 6.07) is -1.49. The number of benzene rings is 1. The average Bonchev–Trinajstić information content (AvgIpc) is 2.47. The quantitative estimate of drug-likeness (QED) is 0.567. The Labute approximate surface area is 61.0 Å². The molecule has 0 unspecified atom stereocenters. The first kappa shape index (κ1) is 1.59. The van der Waals surface area contributed by atoms with E-state index in [1.165, 1.54) is 0 Å². The molecule has 0 saturated heterocycles. The third-order valence-corrected chi connectivity index (χ3v) is 0.980. The van der Waals surface area contributed by atoms with E-state index in [0.717, 1.165) is 0 Å². The second-order valence-electron chi connectivity index (χ2n) is 1.54. The molecule has 0 saturated carbocycles. The van der Waals surface area contributed by atoms with Gasteiger partial charge in [-0.3, -0.25) is 5.09 Å². The summed E-state index contributed by atoms with van der Waals surface area (Å²) in [5, 5.41) is 3.97. The molecule has 0 atom stereocenters. The van der Waals surface area contributed by atoms with Crippen LogP contribution in [0.3, 0.4) is 0 Å². The molecule has 1 aromatic carbocycles. The van der Waals surface area contributed by atoms with Crippen LogP contribution in [0.1, 0.15) is 6.85 Å². The van der Waals surface area contributed by atoms with Crippen molar-refractivity contribution in [1.82, 2.24) is 10.2 Å². The molecule has 0 bridgehead atoms. The molecule has 1 heterocycles. The average molecular weight is 124 g/mol. The van der Waals surface area contributed by atoms with Crippen molar-refractivity contribution in [1.29, 1.82) is 0 Å². The number of fused-ring (bicyclic) bond motifs is 1. The Balaban J connectivity index is 3.10. The van der Waals surface area contributed by atoms with Crippen LogP contribution in [0.25, 0.3) is 10.9 Å². The van der Waals surface area contributed by atoms with Crippen molar-refractivity contribution in [3.8, 4) is 0 Å². The van der Waals surface area contributed by atoms with Crippen LogP contribution < -0.4 is 0 Å². The molecule has 0 aliphatic rings. The Morgan fingerprint density at radius 3 is 3.44 bits per heavy atom. The van der Waals surface area contributed by atoms with Crippen LogP contribution in [0.15, 0.2) is 30.3 Å². The monoisotopic (exact) mass is 124 g/mol. The Kier molecular flexibility index (Phi) is 0.281. The minimum Gasteiger partial charge on any atom is -0.278 e. The fourth-order valence-corrected chi connectivity index (χ4v) is 0.587. The highest BCUT2D eigenvalue weighted by Crippen LogP contribution is 2.06. The molecule has 0 aliphatic carbocycles. The molecule has 2 rings (SSSR count). The number of H-pyrrole nitrogens is 1. The van der Waals surface area contributed by atoms with Crippen molar-refractivity contribution in [2.75, 3.05) is 0 Å². The second-order valence-corrected chi connectivity index (χ2v) is 1.54. The van der Waals surface area contributed by atoms with Crippen molar-refractivity contribution < 1.29 is 8.27 Å². The molecule has 0 fully saturated rings. The van der Waals surface area contributed by atoms with E-state index in [9.17, 15) is 0 Å². The first-order valence-electron chi connectivity index (χ1n) is 5.34. The summed E-state index contributed by atoms with van der Waals surface area (Å²) in [5.74, 6) is 0. The number of hydrogen-bond acceptors (Lipinski definition) is 1. The molecular formula is C7H6N2. The van der Waals surface area contributed by atoms with Crippen molar-refractivity contribution in [2.45, 2.75) is 0 Å². The zero-order valence-electron chi connectivity index (χ0n) is 10.4. The molecule has 0 aliphatic heterocycles. The molecule has 1 N–H and O–H groups in total. The first-order valence-corrected chi connectivity index (χ1v) is 2.40. The summed E-state index contributed by atoms with van der Waals surface area (Å²) >= 11 is 0. The fourth-order valence-electron chi connectivity index (χ4n) is 0.587. The second kappa shape index (κ2) is 1.58. The number of nitrogens with zero attached hydrogens (tertiary/aromatic N) is 1. The lowest BCUT2D eigenvalue weighted by Gasteiger charge is -1.81.